The van der Waals surface area contributed by atoms with Gasteiger partial charge in [0.2, 0.25) is 15.9 Å². The average Bonchev–Trinajstić information content (AvgIpc) is 3.01. The van der Waals surface area contributed by atoms with E-state index >= 15 is 0 Å². The van der Waals surface area contributed by atoms with Crippen LogP contribution >= 0.6 is 0 Å². The van der Waals surface area contributed by atoms with Gasteiger partial charge in [-0.25, -0.2) is 8.42 Å². The highest BCUT2D eigenvalue weighted by Gasteiger charge is 2.26. The van der Waals surface area contributed by atoms with Crippen LogP contribution in [-0.2, 0) is 14.8 Å². The van der Waals surface area contributed by atoms with Crippen molar-refractivity contribution < 1.29 is 13.2 Å². The lowest BCUT2D eigenvalue weighted by molar-refractivity contribution is -0.117. The Morgan fingerprint density at radius 1 is 1.27 bits per heavy atom. The molecule has 0 saturated carbocycles. The van der Waals surface area contributed by atoms with Gasteiger partial charge < -0.3 is 10.6 Å². The molecule has 2 aliphatic heterocycles. The van der Waals surface area contributed by atoms with Gasteiger partial charge in [0.15, 0.2) is 0 Å². The third kappa shape index (κ3) is 3.25. The van der Waals surface area contributed by atoms with E-state index in [1.807, 2.05) is 0 Å². The molecule has 2 N–H and O–H groups in total. The number of hydrogen-bond donors (Lipinski definition) is 2. The lowest BCUT2D eigenvalue weighted by Crippen LogP contribution is -2.38. The van der Waals surface area contributed by atoms with Crippen LogP contribution in [0.4, 0.5) is 11.4 Å². The monoisotopic (exact) mass is 323 g/mol. The van der Waals surface area contributed by atoms with Crippen LogP contribution < -0.4 is 14.9 Å². The average molecular weight is 323 g/mol. The number of anilines is 2. The molecule has 22 heavy (non-hydrogen) atoms. The molecule has 6 nitrogen and oxygen atoms in total. The van der Waals surface area contributed by atoms with Crippen molar-refractivity contribution in [2.24, 2.45) is 0 Å². The fourth-order valence-corrected chi connectivity index (χ4v) is 4.59. The van der Waals surface area contributed by atoms with E-state index in [4.69, 9.17) is 0 Å². The molecule has 1 atom stereocenters. The minimum absolute atomic E-state index is 0.0591. The van der Waals surface area contributed by atoms with Crippen LogP contribution in [0.5, 0.6) is 0 Å². The van der Waals surface area contributed by atoms with Crippen molar-refractivity contribution in [1.29, 1.82) is 0 Å². The number of nitrogens with one attached hydrogen (secondary N) is 2. The number of hydrogen-bond acceptors (Lipinski definition) is 4. The predicted octanol–water partition coefficient (Wildman–Crippen LogP) is 1.31. The molecule has 0 spiro atoms. The van der Waals surface area contributed by atoms with Crippen LogP contribution in [0.15, 0.2) is 24.3 Å². The Labute approximate surface area is 130 Å². The zero-order valence-electron chi connectivity index (χ0n) is 12.4. The maximum atomic E-state index is 12.2. The lowest BCUT2D eigenvalue weighted by Gasteiger charge is -2.28. The minimum atomic E-state index is -3.23. The maximum absolute atomic E-state index is 12.2. The van der Waals surface area contributed by atoms with Gasteiger partial charge in [-0.2, -0.15) is 0 Å². The highest BCUT2D eigenvalue weighted by Crippen LogP contribution is 2.26. The normalized spacial score (nSPS) is 24.2. The molecule has 0 aromatic heterocycles. The second-order valence-electron chi connectivity index (χ2n) is 5.78. The molecule has 0 bridgehead atoms. The Bertz CT molecular complexity index is 654. The fourth-order valence-electron chi connectivity index (χ4n) is 2.96. The summed E-state index contributed by atoms with van der Waals surface area (Å²) in [7, 11) is -3.23. The molecule has 2 fully saturated rings. The number of carbonyl (C=O) groups is 1. The molecule has 2 saturated heterocycles. The van der Waals surface area contributed by atoms with E-state index in [1.165, 1.54) is 4.31 Å². The summed E-state index contributed by atoms with van der Waals surface area (Å²) in [5.74, 6) is 0.131. The minimum Gasteiger partial charge on any atom is -0.325 e. The predicted molar refractivity (Wildman–Crippen MR) is 86.5 cm³/mol. The zero-order chi connectivity index (χ0) is 15.6. The molecule has 120 valence electrons. The molecule has 1 aromatic rings. The summed E-state index contributed by atoms with van der Waals surface area (Å²) in [6.07, 6.45) is 3.42. The number of benzene rings is 1. The van der Waals surface area contributed by atoms with Gasteiger partial charge in [0.05, 0.1) is 17.5 Å². The van der Waals surface area contributed by atoms with Crippen molar-refractivity contribution >= 4 is 27.3 Å². The van der Waals surface area contributed by atoms with E-state index in [2.05, 4.69) is 10.6 Å². The van der Waals surface area contributed by atoms with E-state index < -0.39 is 10.0 Å². The SMILES string of the molecule is O=C(Nc1cccc(N2CCCCS2(=O)=O)c1)[C@@H]1CCCN1. The lowest BCUT2D eigenvalue weighted by atomic mass is 10.2. The Hall–Kier alpha value is -1.60. The first-order valence-electron chi connectivity index (χ1n) is 7.71. The first-order valence-corrected chi connectivity index (χ1v) is 9.32. The van der Waals surface area contributed by atoms with Gasteiger partial charge in [-0.1, -0.05) is 6.07 Å². The summed E-state index contributed by atoms with van der Waals surface area (Å²) in [6, 6.07) is 6.91. The Kier molecular flexibility index (Phi) is 4.35. The maximum Gasteiger partial charge on any atom is 0.241 e. The summed E-state index contributed by atoms with van der Waals surface area (Å²) in [6.45, 7) is 1.37. The van der Waals surface area contributed by atoms with Crippen LogP contribution in [0.25, 0.3) is 0 Å². The topological polar surface area (TPSA) is 78.5 Å². The van der Waals surface area contributed by atoms with Gasteiger partial charge in [0, 0.05) is 12.2 Å². The molecule has 3 rings (SSSR count). The van der Waals surface area contributed by atoms with Crippen molar-refractivity contribution in [2.45, 2.75) is 31.7 Å². The molecular formula is C15H21N3O3S. The largest absolute Gasteiger partial charge is 0.325 e. The number of amides is 1. The number of rotatable bonds is 3. The molecule has 0 aliphatic carbocycles. The highest BCUT2D eigenvalue weighted by atomic mass is 32.2. The highest BCUT2D eigenvalue weighted by molar-refractivity contribution is 7.92. The number of nitrogens with zero attached hydrogens (tertiary/aromatic N) is 1. The molecule has 2 aliphatic rings. The van der Waals surface area contributed by atoms with Gasteiger partial charge >= 0.3 is 0 Å². The quantitative estimate of drug-likeness (QED) is 0.879. The van der Waals surface area contributed by atoms with Crippen LogP contribution in [0.3, 0.4) is 0 Å². The van der Waals surface area contributed by atoms with Crippen LogP contribution in [-0.4, -0.2) is 39.2 Å². The van der Waals surface area contributed by atoms with Gasteiger partial charge in [0.25, 0.3) is 0 Å². The van der Waals surface area contributed by atoms with Crippen molar-refractivity contribution in [3.63, 3.8) is 0 Å². The van der Waals surface area contributed by atoms with E-state index in [0.717, 1.165) is 25.8 Å². The number of sulfonamides is 1. The third-order valence-electron chi connectivity index (χ3n) is 4.13. The first-order chi connectivity index (χ1) is 10.6. The molecule has 0 unspecified atom stereocenters. The summed E-state index contributed by atoms with van der Waals surface area (Å²) < 4.78 is 25.8. The smallest absolute Gasteiger partial charge is 0.241 e. The van der Waals surface area contributed by atoms with Gasteiger partial charge in [-0.3, -0.25) is 9.10 Å². The summed E-state index contributed by atoms with van der Waals surface area (Å²) in [5.41, 5.74) is 1.26. The van der Waals surface area contributed by atoms with Crippen LogP contribution in [0.2, 0.25) is 0 Å². The molecule has 1 amide bonds. The van der Waals surface area contributed by atoms with Gasteiger partial charge in [-0.15, -0.1) is 0 Å². The van der Waals surface area contributed by atoms with E-state index in [0.29, 0.717) is 24.3 Å². The van der Waals surface area contributed by atoms with Crippen molar-refractivity contribution in [3.05, 3.63) is 24.3 Å². The van der Waals surface area contributed by atoms with Gasteiger partial charge in [-0.05, 0) is 50.4 Å². The van der Waals surface area contributed by atoms with Crippen molar-refractivity contribution in [2.75, 3.05) is 28.5 Å². The molecular weight excluding hydrogens is 302 g/mol. The third-order valence-corrected chi connectivity index (χ3v) is 6.00. The molecule has 7 heteroatoms. The molecule has 1 aromatic carbocycles. The Balaban J connectivity index is 1.76. The Morgan fingerprint density at radius 3 is 2.86 bits per heavy atom. The zero-order valence-corrected chi connectivity index (χ0v) is 13.2. The second kappa shape index (κ2) is 6.26. The van der Waals surface area contributed by atoms with E-state index in [-0.39, 0.29) is 17.7 Å². The standard InChI is InChI=1S/C15H21N3O3S/c19-15(14-7-4-8-16-14)17-12-5-3-6-13(11-12)18-9-1-2-10-22(18,20)21/h3,5-6,11,14,16H,1-2,4,7-10H2,(H,17,19)/t14-/m0/s1. The number of carbonyl (C=O) groups excluding carboxylic acids is 1. The van der Waals surface area contributed by atoms with E-state index in [9.17, 15) is 13.2 Å². The molecule has 0 radical (unpaired) electrons. The van der Waals surface area contributed by atoms with E-state index in [1.54, 1.807) is 24.3 Å². The first kappa shape index (κ1) is 15.3. The van der Waals surface area contributed by atoms with Crippen molar-refractivity contribution in [1.82, 2.24) is 5.32 Å². The van der Waals surface area contributed by atoms with Crippen LogP contribution in [0, 0.1) is 0 Å². The van der Waals surface area contributed by atoms with Gasteiger partial charge in [0.1, 0.15) is 0 Å². The fraction of sp³-hybridized carbons (Fsp3) is 0.533. The van der Waals surface area contributed by atoms with Crippen LogP contribution in [0.1, 0.15) is 25.7 Å². The van der Waals surface area contributed by atoms with Crippen molar-refractivity contribution in [3.8, 4) is 0 Å². The summed E-state index contributed by atoms with van der Waals surface area (Å²) >= 11 is 0. The summed E-state index contributed by atoms with van der Waals surface area (Å²) in [4.78, 5) is 12.1. The Morgan fingerprint density at radius 2 is 2.14 bits per heavy atom. The second-order valence-corrected chi connectivity index (χ2v) is 7.80. The molecule has 2 heterocycles. The summed E-state index contributed by atoms with van der Waals surface area (Å²) in [5, 5.41) is 6.02.